The van der Waals surface area contributed by atoms with Crippen LogP contribution in [0.1, 0.15) is 19.2 Å². The van der Waals surface area contributed by atoms with E-state index in [4.69, 9.17) is 4.42 Å². The van der Waals surface area contributed by atoms with E-state index in [0.717, 1.165) is 6.42 Å². The quantitative estimate of drug-likeness (QED) is 0.714. The topological polar surface area (TPSA) is 72.2 Å². The normalized spacial score (nSPS) is 11.4. The molecule has 0 atom stereocenters. The summed E-state index contributed by atoms with van der Waals surface area (Å²) in [7, 11) is -3.81. The van der Waals surface area contributed by atoms with E-state index in [2.05, 4.69) is 9.71 Å². The number of anilines is 1. The maximum atomic E-state index is 13.2. The van der Waals surface area contributed by atoms with E-state index in [1.54, 1.807) is 18.2 Å². The summed E-state index contributed by atoms with van der Waals surface area (Å²) in [5.41, 5.74) is 0.904. The predicted molar refractivity (Wildman–Crippen MR) is 93.1 cm³/mol. The number of hydrogen-bond acceptors (Lipinski definition) is 4. The Balaban J connectivity index is 2.01. The number of nitrogens with one attached hydrogen (secondary N) is 1. The van der Waals surface area contributed by atoms with Crippen molar-refractivity contribution in [2.24, 2.45) is 0 Å². The number of aryl methyl sites for hydroxylation is 1. The van der Waals surface area contributed by atoms with E-state index in [1.165, 1.54) is 36.4 Å². The van der Waals surface area contributed by atoms with Gasteiger partial charge in [-0.3, -0.25) is 0 Å². The van der Waals surface area contributed by atoms with Crippen molar-refractivity contribution in [3.63, 3.8) is 0 Å². The van der Waals surface area contributed by atoms with Crippen LogP contribution in [0, 0.1) is 5.82 Å². The lowest BCUT2D eigenvalue weighted by molar-refractivity contribution is 0.505. The zero-order chi connectivity index (χ0) is 17.9. The third kappa shape index (κ3) is 3.88. The molecular weight excluding hydrogens is 343 g/mol. The number of sulfonamides is 1. The summed E-state index contributed by atoms with van der Waals surface area (Å²) >= 11 is 0. The molecule has 0 aliphatic heterocycles. The smallest absolute Gasteiger partial charge is 0.264 e. The van der Waals surface area contributed by atoms with Crippen LogP contribution in [-0.4, -0.2) is 13.4 Å². The van der Waals surface area contributed by atoms with Crippen LogP contribution in [0.5, 0.6) is 0 Å². The molecule has 0 aliphatic carbocycles. The second kappa shape index (κ2) is 7.06. The van der Waals surface area contributed by atoms with Gasteiger partial charge < -0.3 is 4.42 Å². The molecule has 0 saturated carbocycles. The minimum Gasteiger partial charge on any atom is -0.424 e. The fourth-order valence-electron chi connectivity index (χ4n) is 2.34. The molecule has 0 saturated heterocycles. The average molecular weight is 360 g/mol. The van der Waals surface area contributed by atoms with Crippen molar-refractivity contribution in [3.8, 4) is 11.3 Å². The van der Waals surface area contributed by atoms with Gasteiger partial charge in [0.1, 0.15) is 11.5 Å². The van der Waals surface area contributed by atoms with Crippen LogP contribution in [0.4, 0.5) is 10.3 Å². The van der Waals surface area contributed by atoms with E-state index < -0.39 is 10.0 Å². The van der Waals surface area contributed by atoms with Crippen LogP contribution >= 0.6 is 0 Å². The van der Waals surface area contributed by atoms with Crippen molar-refractivity contribution in [1.29, 1.82) is 0 Å². The monoisotopic (exact) mass is 360 g/mol. The van der Waals surface area contributed by atoms with Crippen molar-refractivity contribution < 1.29 is 17.2 Å². The molecule has 3 rings (SSSR count). The molecule has 0 amide bonds. The molecule has 3 aromatic rings. The van der Waals surface area contributed by atoms with E-state index >= 15 is 0 Å². The van der Waals surface area contributed by atoms with Gasteiger partial charge in [0.25, 0.3) is 10.0 Å². The summed E-state index contributed by atoms with van der Waals surface area (Å²) < 4.78 is 46.3. The Morgan fingerprint density at radius 3 is 2.40 bits per heavy atom. The molecule has 1 N–H and O–H groups in total. The van der Waals surface area contributed by atoms with E-state index in [0.29, 0.717) is 23.6 Å². The number of hydrogen-bond donors (Lipinski definition) is 1. The zero-order valence-corrected chi connectivity index (χ0v) is 14.4. The summed E-state index contributed by atoms with van der Waals surface area (Å²) in [5.74, 6) is 0.0685. The lowest BCUT2D eigenvalue weighted by Crippen LogP contribution is -2.12. The Labute approximate surface area is 145 Å². The molecule has 1 heterocycles. The molecule has 0 radical (unpaired) electrons. The predicted octanol–water partition coefficient (Wildman–Crippen LogP) is 4.23. The molecule has 0 aliphatic rings. The lowest BCUT2D eigenvalue weighted by atomic mass is 10.1. The molecule has 130 valence electrons. The van der Waals surface area contributed by atoms with Crippen LogP contribution in [0.2, 0.25) is 0 Å². The summed E-state index contributed by atoms with van der Waals surface area (Å²) in [4.78, 5) is 4.48. The Morgan fingerprint density at radius 1 is 1.08 bits per heavy atom. The summed E-state index contributed by atoms with van der Waals surface area (Å²) in [6.07, 6.45) is 1.37. The van der Waals surface area contributed by atoms with Crippen LogP contribution < -0.4 is 4.72 Å². The number of rotatable bonds is 6. The number of nitrogens with zero attached hydrogens (tertiary/aromatic N) is 1. The number of oxazole rings is 1. The fourth-order valence-corrected chi connectivity index (χ4v) is 3.35. The Kier molecular flexibility index (Phi) is 4.85. The first-order chi connectivity index (χ1) is 12.0. The zero-order valence-electron chi connectivity index (χ0n) is 13.6. The second-order valence-electron chi connectivity index (χ2n) is 5.46. The second-order valence-corrected chi connectivity index (χ2v) is 7.14. The molecule has 0 bridgehead atoms. The lowest BCUT2D eigenvalue weighted by Gasteiger charge is -2.06. The van der Waals surface area contributed by atoms with Gasteiger partial charge in [-0.25, -0.2) is 22.5 Å². The number of halogens is 1. The minimum absolute atomic E-state index is 0.0268. The molecular formula is C18H17FN2O3S. The highest BCUT2D eigenvalue weighted by Crippen LogP contribution is 2.31. The first-order valence-electron chi connectivity index (χ1n) is 7.83. The molecule has 0 fully saturated rings. The maximum Gasteiger partial charge on any atom is 0.264 e. The summed E-state index contributed by atoms with van der Waals surface area (Å²) in [6.45, 7) is 1.97. The third-order valence-electron chi connectivity index (χ3n) is 3.53. The Morgan fingerprint density at radius 2 is 1.76 bits per heavy atom. The van der Waals surface area contributed by atoms with Gasteiger partial charge in [-0.05, 0) is 42.8 Å². The fraction of sp³-hybridized carbons (Fsp3) is 0.167. The minimum atomic E-state index is -3.81. The number of benzene rings is 2. The van der Waals surface area contributed by atoms with Gasteiger partial charge in [-0.2, -0.15) is 0 Å². The SMILES string of the molecule is CCCc1nc(-c2ccc(F)cc2)c(NS(=O)(=O)c2ccccc2)o1. The van der Waals surface area contributed by atoms with E-state index in [1.807, 2.05) is 6.92 Å². The highest BCUT2D eigenvalue weighted by atomic mass is 32.2. The third-order valence-corrected chi connectivity index (χ3v) is 4.88. The van der Waals surface area contributed by atoms with Crippen LogP contribution in [0.15, 0.2) is 63.9 Å². The highest BCUT2D eigenvalue weighted by molar-refractivity contribution is 7.92. The van der Waals surface area contributed by atoms with Crippen molar-refractivity contribution in [1.82, 2.24) is 4.98 Å². The van der Waals surface area contributed by atoms with Crippen molar-refractivity contribution >= 4 is 15.9 Å². The number of aromatic nitrogens is 1. The van der Waals surface area contributed by atoms with Gasteiger partial charge in [0.15, 0.2) is 5.89 Å². The van der Waals surface area contributed by atoms with Gasteiger partial charge >= 0.3 is 0 Å². The highest BCUT2D eigenvalue weighted by Gasteiger charge is 2.21. The Hall–Kier alpha value is -2.67. The molecule has 25 heavy (non-hydrogen) atoms. The molecule has 5 nitrogen and oxygen atoms in total. The summed E-state index contributed by atoms with van der Waals surface area (Å²) in [6, 6.07) is 13.6. The van der Waals surface area contributed by atoms with Gasteiger partial charge in [0, 0.05) is 12.0 Å². The molecule has 2 aromatic carbocycles. The van der Waals surface area contributed by atoms with E-state index in [-0.39, 0.29) is 16.6 Å². The van der Waals surface area contributed by atoms with Crippen molar-refractivity contribution in [2.45, 2.75) is 24.7 Å². The van der Waals surface area contributed by atoms with Crippen LogP contribution in [0.25, 0.3) is 11.3 Å². The first kappa shape index (κ1) is 17.2. The van der Waals surface area contributed by atoms with Gasteiger partial charge in [-0.1, -0.05) is 25.1 Å². The van der Waals surface area contributed by atoms with E-state index in [9.17, 15) is 12.8 Å². The summed E-state index contributed by atoms with van der Waals surface area (Å²) in [5, 5.41) is 0. The largest absolute Gasteiger partial charge is 0.424 e. The average Bonchev–Trinajstić information content (AvgIpc) is 2.98. The van der Waals surface area contributed by atoms with Crippen LogP contribution in [0.3, 0.4) is 0 Å². The van der Waals surface area contributed by atoms with Crippen molar-refractivity contribution in [2.75, 3.05) is 4.72 Å². The molecule has 0 spiro atoms. The standard InChI is InChI=1S/C18H17FN2O3S/c1-2-6-16-20-17(13-9-11-14(19)12-10-13)18(24-16)21-25(22,23)15-7-4-3-5-8-15/h3-5,7-12,21H,2,6H2,1H3. The van der Waals surface area contributed by atoms with Crippen LogP contribution in [-0.2, 0) is 16.4 Å². The molecule has 0 unspecified atom stereocenters. The molecule has 1 aromatic heterocycles. The van der Waals surface area contributed by atoms with Gasteiger partial charge in [0.05, 0.1) is 4.90 Å². The van der Waals surface area contributed by atoms with Gasteiger partial charge in [-0.15, -0.1) is 0 Å². The maximum absolute atomic E-state index is 13.2. The first-order valence-corrected chi connectivity index (χ1v) is 9.31. The molecule has 7 heteroatoms. The van der Waals surface area contributed by atoms with Gasteiger partial charge in [0.2, 0.25) is 5.88 Å². The van der Waals surface area contributed by atoms with Crippen molar-refractivity contribution in [3.05, 3.63) is 66.3 Å². The Bertz CT molecular complexity index is 952.